The number of hydrogen-bond acceptors (Lipinski definition) is 1. The van der Waals surface area contributed by atoms with E-state index < -0.39 is 0 Å². The Bertz CT molecular complexity index is 405. The van der Waals surface area contributed by atoms with E-state index in [1.54, 1.807) is 6.08 Å². The summed E-state index contributed by atoms with van der Waals surface area (Å²) in [5.41, 5.74) is 8.29. The van der Waals surface area contributed by atoms with E-state index in [-0.39, 0.29) is 5.83 Å². The fourth-order valence-corrected chi connectivity index (χ4v) is 1.58. The molecule has 2 rings (SSSR count). The molecule has 1 nitrogen and oxygen atoms in total. The van der Waals surface area contributed by atoms with Gasteiger partial charge in [0.05, 0.1) is 0 Å². The molecule has 0 aromatic heterocycles. The molecule has 0 radical (unpaired) electrons. The summed E-state index contributed by atoms with van der Waals surface area (Å²) in [5.74, 6) is -0.0510. The van der Waals surface area contributed by atoms with Gasteiger partial charge in [0.15, 0.2) is 0 Å². The molecule has 0 heterocycles. The minimum absolute atomic E-state index is 0.0510. The van der Waals surface area contributed by atoms with Gasteiger partial charge in [0.25, 0.3) is 0 Å². The molecule has 0 atom stereocenters. The summed E-state index contributed by atoms with van der Waals surface area (Å²) in [7, 11) is 0. The molecule has 0 aliphatic heterocycles. The van der Waals surface area contributed by atoms with Gasteiger partial charge in [0.1, 0.15) is 5.83 Å². The van der Waals surface area contributed by atoms with Gasteiger partial charge in [-0.05, 0) is 35.8 Å². The number of halogens is 1. The van der Waals surface area contributed by atoms with Crippen molar-refractivity contribution in [2.75, 3.05) is 5.73 Å². The van der Waals surface area contributed by atoms with Crippen molar-refractivity contribution in [1.82, 2.24) is 0 Å². The van der Waals surface area contributed by atoms with E-state index >= 15 is 0 Å². The third-order valence-electron chi connectivity index (χ3n) is 2.28. The Hall–Kier alpha value is -1.57. The van der Waals surface area contributed by atoms with Crippen molar-refractivity contribution in [3.05, 3.63) is 47.8 Å². The smallest absolute Gasteiger partial charge is 0.101 e. The zero-order valence-electron chi connectivity index (χ0n) is 7.83. The third kappa shape index (κ3) is 1.84. The molecule has 1 aromatic carbocycles. The quantitative estimate of drug-likeness (QED) is 0.674. The van der Waals surface area contributed by atoms with Gasteiger partial charge >= 0.3 is 0 Å². The van der Waals surface area contributed by atoms with Crippen molar-refractivity contribution in [3.63, 3.8) is 0 Å². The predicted octanol–water partition coefficient (Wildman–Crippen LogP) is 3.30. The van der Waals surface area contributed by atoms with E-state index in [0.29, 0.717) is 12.1 Å². The second kappa shape index (κ2) is 3.66. The largest absolute Gasteiger partial charge is 0.399 e. The van der Waals surface area contributed by atoms with Crippen LogP contribution in [-0.2, 0) is 0 Å². The lowest BCUT2D eigenvalue weighted by Gasteiger charge is -2.09. The molecule has 0 saturated heterocycles. The molecule has 72 valence electrons. The SMILES string of the molecule is Nc1cccc(C2=CCCC(F)=C2)c1. The van der Waals surface area contributed by atoms with E-state index in [0.717, 1.165) is 17.6 Å². The van der Waals surface area contributed by atoms with Crippen molar-refractivity contribution in [2.45, 2.75) is 12.8 Å². The van der Waals surface area contributed by atoms with Crippen LogP contribution in [0.15, 0.2) is 42.2 Å². The monoisotopic (exact) mass is 189 g/mol. The Morgan fingerprint density at radius 3 is 2.86 bits per heavy atom. The van der Waals surface area contributed by atoms with Gasteiger partial charge in [-0.15, -0.1) is 0 Å². The summed E-state index contributed by atoms with van der Waals surface area (Å²) >= 11 is 0. The maximum Gasteiger partial charge on any atom is 0.101 e. The second-order valence-corrected chi connectivity index (χ2v) is 3.41. The maximum absolute atomic E-state index is 13.0. The summed E-state index contributed by atoms with van der Waals surface area (Å²) in [6, 6.07) is 7.51. The van der Waals surface area contributed by atoms with Crippen LogP contribution in [0.2, 0.25) is 0 Å². The predicted molar refractivity (Wildman–Crippen MR) is 57.3 cm³/mol. The van der Waals surface area contributed by atoms with Gasteiger partial charge in [-0.3, -0.25) is 0 Å². The van der Waals surface area contributed by atoms with E-state index in [4.69, 9.17) is 5.73 Å². The lowest BCUT2D eigenvalue weighted by molar-refractivity contribution is 0.589. The van der Waals surface area contributed by atoms with Crippen LogP contribution in [0.3, 0.4) is 0 Å². The molecule has 2 heteroatoms. The molecule has 1 aliphatic carbocycles. The topological polar surface area (TPSA) is 26.0 Å². The van der Waals surface area contributed by atoms with Crippen LogP contribution < -0.4 is 5.73 Å². The summed E-state index contributed by atoms with van der Waals surface area (Å²) < 4.78 is 13.0. The Morgan fingerprint density at radius 1 is 1.29 bits per heavy atom. The molecule has 14 heavy (non-hydrogen) atoms. The van der Waals surface area contributed by atoms with E-state index in [9.17, 15) is 4.39 Å². The molecule has 0 saturated carbocycles. The normalized spacial score (nSPS) is 16.1. The van der Waals surface area contributed by atoms with E-state index in [1.807, 2.05) is 30.3 Å². The minimum Gasteiger partial charge on any atom is -0.399 e. The number of nitrogen functional groups attached to an aromatic ring is 1. The molecule has 0 unspecified atom stereocenters. The first-order valence-electron chi connectivity index (χ1n) is 4.68. The average molecular weight is 189 g/mol. The van der Waals surface area contributed by atoms with Gasteiger partial charge < -0.3 is 5.73 Å². The van der Waals surface area contributed by atoms with Crippen LogP contribution in [0.25, 0.3) is 5.57 Å². The fraction of sp³-hybridized carbons (Fsp3) is 0.167. The molecule has 2 N–H and O–H groups in total. The Morgan fingerprint density at radius 2 is 2.14 bits per heavy atom. The van der Waals surface area contributed by atoms with Crippen molar-refractivity contribution in [1.29, 1.82) is 0 Å². The minimum atomic E-state index is -0.0510. The number of anilines is 1. The van der Waals surface area contributed by atoms with Crippen LogP contribution in [0, 0.1) is 0 Å². The first-order valence-corrected chi connectivity index (χ1v) is 4.68. The fourth-order valence-electron chi connectivity index (χ4n) is 1.58. The molecule has 1 aromatic rings. The van der Waals surface area contributed by atoms with Gasteiger partial charge in [-0.2, -0.15) is 0 Å². The summed E-state index contributed by atoms with van der Waals surface area (Å²) in [4.78, 5) is 0. The van der Waals surface area contributed by atoms with Gasteiger partial charge in [-0.1, -0.05) is 18.2 Å². The standard InChI is InChI=1S/C12H12FN/c13-11-5-1-3-9(7-11)10-4-2-6-12(14)8-10/h2-4,6-8H,1,5,14H2. The van der Waals surface area contributed by atoms with Gasteiger partial charge in [0, 0.05) is 12.1 Å². The number of benzene rings is 1. The number of allylic oxidation sites excluding steroid dienone is 4. The van der Waals surface area contributed by atoms with Crippen LogP contribution >= 0.6 is 0 Å². The zero-order chi connectivity index (χ0) is 9.97. The van der Waals surface area contributed by atoms with Gasteiger partial charge in [0.2, 0.25) is 0 Å². The number of nitrogens with two attached hydrogens (primary N) is 1. The summed E-state index contributed by atoms with van der Waals surface area (Å²) in [6.07, 6.45) is 4.91. The number of rotatable bonds is 1. The molecular formula is C12H12FN. The molecule has 0 amide bonds. The lowest BCUT2D eigenvalue weighted by Crippen LogP contribution is -1.91. The van der Waals surface area contributed by atoms with Crippen molar-refractivity contribution >= 4 is 11.3 Å². The van der Waals surface area contributed by atoms with Crippen LogP contribution in [0.5, 0.6) is 0 Å². The van der Waals surface area contributed by atoms with Crippen LogP contribution in [-0.4, -0.2) is 0 Å². The van der Waals surface area contributed by atoms with Crippen LogP contribution in [0.4, 0.5) is 10.1 Å². The molecular weight excluding hydrogens is 177 g/mol. The number of hydrogen-bond donors (Lipinski definition) is 1. The van der Waals surface area contributed by atoms with Crippen molar-refractivity contribution < 1.29 is 4.39 Å². The summed E-state index contributed by atoms with van der Waals surface area (Å²) in [5, 5.41) is 0. The molecule has 0 fully saturated rings. The lowest BCUT2D eigenvalue weighted by atomic mass is 9.99. The molecule has 0 spiro atoms. The Labute approximate surface area is 82.7 Å². The van der Waals surface area contributed by atoms with E-state index in [2.05, 4.69) is 0 Å². The van der Waals surface area contributed by atoms with Gasteiger partial charge in [-0.25, -0.2) is 4.39 Å². The molecule has 0 bridgehead atoms. The van der Waals surface area contributed by atoms with E-state index in [1.165, 1.54) is 0 Å². The second-order valence-electron chi connectivity index (χ2n) is 3.41. The van der Waals surface area contributed by atoms with Crippen molar-refractivity contribution in [2.24, 2.45) is 0 Å². The Kier molecular flexibility index (Phi) is 2.35. The highest BCUT2D eigenvalue weighted by Crippen LogP contribution is 2.26. The Balaban J connectivity index is 2.36. The molecule has 1 aliphatic rings. The first-order chi connectivity index (χ1) is 6.75. The average Bonchev–Trinajstić information content (AvgIpc) is 2.18. The summed E-state index contributed by atoms with van der Waals surface area (Å²) in [6.45, 7) is 0. The highest BCUT2D eigenvalue weighted by atomic mass is 19.1. The van der Waals surface area contributed by atoms with Crippen molar-refractivity contribution in [3.8, 4) is 0 Å². The third-order valence-corrected chi connectivity index (χ3v) is 2.28. The highest BCUT2D eigenvalue weighted by molar-refractivity contribution is 5.76. The van der Waals surface area contributed by atoms with Crippen LogP contribution in [0.1, 0.15) is 18.4 Å². The maximum atomic E-state index is 13.0. The highest BCUT2D eigenvalue weighted by Gasteiger charge is 2.06. The zero-order valence-corrected chi connectivity index (χ0v) is 7.83. The first kappa shape index (κ1) is 9.00.